The van der Waals surface area contributed by atoms with Gasteiger partial charge in [0.2, 0.25) is 0 Å². The Balaban J connectivity index is 1.92. The first-order valence-electron chi connectivity index (χ1n) is 8.77. The van der Waals surface area contributed by atoms with Crippen molar-refractivity contribution in [1.29, 1.82) is 0 Å². The third-order valence-electron chi connectivity index (χ3n) is 4.82. The van der Waals surface area contributed by atoms with Crippen molar-refractivity contribution in [2.45, 2.75) is 6.04 Å². The fourth-order valence-corrected chi connectivity index (χ4v) is 8.09. The molecule has 1 atom stereocenters. The SMILES string of the molecule is O=C1N[C@@H](C[P+](c2ccccc2)(c2ccccc2)c2ccccc2)CO1. The molecule has 4 heteroatoms. The third-order valence-corrected chi connectivity index (χ3v) is 9.35. The van der Waals surface area contributed by atoms with Gasteiger partial charge in [0.15, 0.2) is 0 Å². The monoisotopic (exact) mass is 362 g/mol. The van der Waals surface area contributed by atoms with Crippen molar-refractivity contribution in [3.05, 3.63) is 91.0 Å². The Kier molecular flexibility index (Phi) is 4.73. The molecule has 4 rings (SSSR count). The molecule has 26 heavy (non-hydrogen) atoms. The fourth-order valence-electron chi connectivity index (χ4n) is 3.67. The minimum absolute atomic E-state index is 0.0106. The number of carbonyl (C=O) groups excluding carboxylic acids is 1. The highest BCUT2D eigenvalue weighted by molar-refractivity contribution is 7.95. The van der Waals surface area contributed by atoms with Crippen LogP contribution in [0.2, 0.25) is 0 Å². The zero-order valence-electron chi connectivity index (χ0n) is 14.4. The van der Waals surface area contributed by atoms with Crippen LogP contribution in [-0.2, 0) is 4.74 Å². The maximum atomic E-state index is 11.6. The van der Waals surface area contributed by atoms with Crippen LogP contribution >= 0.6 is 7.26 Å². The van der Waals surface area contributed by atoms with Crippen LogP contribution in [0.4, 0.5) is 4.79 Å². The van der Waals surface area contributed by atoms with Gasteiger partial charge in [0.1, 0.15) is 35.8 Å². The van der Waals surface area contributed by atoms with E-state index in [-0.39, 0.29) is 12.1 Å². The standard InChI is InChI=1S/C22H20NO2P/c24-22-23-18(16-25-22)17-26(19-10-4-1-5-11-19,20-12-6-2-7-13-20)21-14-8-3-9-15-21/h1-15,18H,16-17H2/p+1/t18-/m1/s1. The first-order valence-corrected chi connectivity index (χ1v) is 10.7. The van der Waals surface area contributed by atoms with E-state index in [1.165, 1.54) is 15.9 Å². The Labute approximate surface area is 154 Å². The van der Waals surface area contributed by atoms with Gasteiger partial charge in [0, 0.05) is 0 Å². The summed E-state index contributed by atoms with van der Waals surface area (Å²) in [7, 11) is -1.92. The Morgan fingerprint density at radius 2 is 1.19 bits per heavy atom. The molecular formula is C22H21NO2P+. The van der Waals surface area contributed by atoms with Crippen LogP contribution in [0.25, 0.3) is 0 Å². The average Bonchev–Trinajstić information content (AvgIpc) is 3.13. The summed E-state index contributed by atoms with van der Waals surface area (Å²) in [6.45, 7) is 0.424. The minimum Gasteiger partial charge on any atom is -0.447 e. The second-order valence-electron chi connectivity index (χ2n) is 6.44. The largest absolute Gasteiger partial charge is 0.447 e. The van der Waals surface area contributed by atoms with Gasteiger partial charge in [-0.3, -0.25) is 0 Å². The van der Waals surface area contributed by atoms with Gasteiger partial charge in [-0.1, -0.05) is 54.6 Å². The molecule has 0 spiro atoms. The molecule has 1 fully saturated rings. The van der Waals surface area contributed by atoms with Gasteiger partial charge < -0.3 is 10.1 Å². The quantitative estimate of drug-likeness (QED) is 0.709. The van der Waals surface area contributed by atoms with E-state index < -0.39 is 7.26 Å². The van der Waals surface area contributed by atoms with Crippen molar-refractivity contribution in [2.75, 3.05) is 12.8 Å². The number of amides is 1. The highest BCUT2D eigenvalue weighted by atomic mass is 31.2. The Morgan fingerprint density at radius 3 is 1.54 bits per heavy atom. The van der Waals surface area contributed by atoms with Crippen LogP contribution in [0, 0.1) is 0 Å². The van der Waals surface area contributed by atoms with E-state index in [1.807, 2.05) is 0 Å². The van der Waals surface area contributed by atoms with Crippen LogP contribution in [-0.4, -0.2) is 24.9 Å². The summed E-state index contributed by atoms with van der Waals surface area (Å²) in [5, 5.41) is 6.94. The summed E-state index contributed by atoms with van der Waals surface area (Å²) in [5.41, 5.74) is 0. The molecule has 1 N–H and O–H groups in total. The lowest BCUT2D eigenvalue weighted by molar-refractivity contribution is 0.177. The second kappa shape index (κ2) is 7.31. The van der Waals surface area contributed by atoms with Gasteiger partial charge in [-0.05, 0) is 36.4 Å². The summed E-state index contributed by atoms with van der Waals surface area (Å²) >= 11 is 0. The highest BCUT2D eigenvalue weighted by Gasteiger charge is 2.48. The molecule has 0 bridgehead atoms. The Hall–Kier alpha value is -2.64. The van der Waals surface area contributed by atoms with E-state index in [0.717, 1.165) is 6.16 Å². The molecule has 0 aromatic heterocycles. The average molecular weight is 362 g/mol. The molecule has 0 unspecified atom stereocenters. The summed E-state index contributed by atoms with van der Waals surface area (Å²) in [6.07, 6.45) is 0.527. The second-order valence-corrected chi connectivity index (χ2v) is 9.97. The summed E-state index contributed by atoms with van der Waals surface area (Å²) in [6, 6.07) is 32.0. The van der Waals surface area contributed by atoms with Crippen molar-refractivity contribution in [3.8, 4) is 0 Å². The van der Waals surface area contributed by atoms with Crippen LogP contribution in [0.15, 0.2) is 91.0 Å². The van der Waals surface area contributed by atoms with Crippen LogP contribution in [0.1, 0.15) is 0 Å². The lowest BCUT2D eigenvalue weighted by Gasteiger charge is -2.29. The maximum Gasteiger partial charge on any atom is 0.407 e. The van der Waals surface area contributed by atoms with Gasteiger partial charge in [0.25, 0.3) is 0 Å². The molecule has 3 nitrogen and oxygen atoms in total. The number of hydrogen-bond donors (Lipinski definition) is 1. The molecule has 1 aliphatic heterocycles. The first-order chi connectivity index (χ1) is 12.8. The number of cyclic esters (lactones) is 1. The first kappa shape index (κ1) is 16.8. The van der Waals surface area contributed by atoms with Gasteiger partial charge in [0.05, 0.1) is 6.16 Å². The molecule has 1 saturated heterocycles. The van der Waals surface area contributed by atoms with Crippen LogP contribution in [0.5, 0.6) is 0 Å². The van der Waals surface area contributed by atoms with E-state index in [0.29, 0.717) is 6.61 Å². The zero-order valence-corrected chi connectivity index (χ0v) is 15.3. The van der Waals surface area contributed by atoms with Gasteiger partial charge in [-0.2, -0.15) is 0 Å². The van der Waals surface area contributed by atoms with Crippen molar-refractivity contribution in [3.63, 3.8) is 0 Å². The smallest absolute Gasteiger partial charge is 0.407 e. The molecule has 130 valence electrons. The summed E-state index contributed by atoms with van der Waals surface area (Å²) in [4.78, 5) is 11.6. The lowest BCUT2D eigenvalue weighted by atomic mass is 10.3. The number of nitrogens with one attached hydrogen (secondary N) is 1. The predicted molar refractivity (Wildman–Crippen MR) is 108 cm³/mol. The van der Waals surface area contributed by atoms with Crippen LogP contribution < -0.4 is 21.2 Å². The number of hydrogen-bond acceptors (Lipinski definition) is 2. The number of alkyl carbamates (subject to hydrolysis) is 1. The normalized spacial score (nSPS) is 16.8. The summed E-state index contributed by atoms with van der Waals surface area (Å²) < 4.78 is 5.19. The highest BCUT2D eigenvalue weighted by Crippen LogP contribution is 2.55. The van der Waals surface area contributed by atoms with Crippen molar-refractivity contribution >= 4 is 29.3 Å². The Bertz CT molecular complexity index is 772. The summed E-state index contributed by atoms with van der Waals surface area (Å²) in [5.74, 6) is 0. The van der Waals surface area contributed by atoms with E-state index in [1.54, 1.807) is 0 Å². The lowest BCUT2D eigenvalue weighted by Crippen LogP contribution is -2.41. The predicted octanol–water partition coefficient (Wildman–Crippen LogP) is 3.09. The number of carbonyl (C=O) groups is 1. The molecule has 3 aromatic carbocycles. The van der Waals surface area contributed by atoms with E-state index >= 15 is 0 Å². The molecular weight excluding hydrogens is 341 g/mol. The Morgan fingerprint density at radius 1 is 0.769 bits per heavy atom. The fraction of sp³-hybridized carbons (Fsp3) is 0.136. The number of ether oxygens (including phenoxy) is 1. The van der Waals surface area contributed by atoms with E-state index in [2.05, 4.69) is 96.3 Å². The molecule has 0 radical (unpaired) electrons. The van der Waals surface area contributed by atoms with Gasteiger partial charge in [-0.25, -0.2) is 4.79 Å². The molecule has 1 heterocycles. The molecule has 3 aromatic rings. The number of benzene rings is 3. The van der Waals surface area contributed by atoms with Crippen molar-refractivity contribution in [1.82, 2.24) is 5.32 Å². The topological polar surface area (TPSA) is 38.3 Å². The van der Waals surface area contributed by atoms with Gasteiger partial charge in [-0.15, -0.1) is 0 Å². The van der Waals surface area contributed by atoms with Crippen LogP contribution in [0.3, 0.4) is 0 Å². The van der Waals surface area contributed by atoms with E-state index in [4.69, 9.17) is 4.74 Å². The maximum absolute atomic E-state index is 11.6. The third kappa shape index (κ3) is 3.11. The molecule has 0 saturated carbocycles. The minimum atomic E-state index is -1.92. The molecule has 0 aliphatic carbocycles. The zero-order chi connectivity index (χ0) is 17.8. The van der Waals surface area contributed by atoms with Gasteiger partial charge >= 0.3 is 6.09 Å². The van der Waals surface area contributed by atoms with Crippen molar-refractivity contribution in [2.24, 2.45) is 0 Å². The molecule has 1 aliphatic rings. The van der Waals surface area contributed by atoms with Crippen molar-refractivity contribution < 1.29 is 9.53 Å². The van der Waals surface area contributed by atoms with E-state index in [9.17, 15) is 4.79 Å². The molecule has 1 amide bonds. The number of rotatable bonds is 5.